The van der Waals surface area contributed by atoms with E-state index in [1.165, 1.54) is 38.5 Å². The monoisotopic (exact) mass is 373 g/mol. The highest BCUT2D eigenvalue weighted by Crippen LogP contribution is 2.23. The molecule has 6 heteroatoms. The molecule has 0 bridgehead atoms. The second-order valence-corrected chi connectivity index (χ2v) is 8.79. The SMILES string of the molecule is Cc1ccc(C)c(S(=O)(=O)Nc2ccc(NC3CCCCCC3)nc2)c1. The number of hydrogen-bond donors (Lipinski definition) is 2. The first-order valence-electron chi connectivity index (χ1n) is 9.27. The quantitative estimate of drug-likeness (QED) is 0.749. The van der Waals surface area contributed by atoms with Crippen LogP contribution < -0.4 is 10.0 Å². The van der Waals surface area contributed by atoms with Gasteiger partial charge in [-0.3, -0.25) is 4.72 Å². The maximum Gasteiger partial charge on any atom is 0.262 e. The summed E-state index contributed by atoms with van der Waals surface area (Å²) in [6.45, 7) is 3.68. The van der Waals surface area contributed by atoms with Gasteiger partial charge in [0.2, 0.25) is 0 Å². The van der Waals surface area contributed by atoms with Crippen LogP contribution in [0.5, 0.6) is 0 Å². The van der Waals surface area contributed by atoms with E-state index in [4.69, 9.17) is 0 Å². The van der Waals surface area contributed by atoms with Gasteiger partial charge < -0.3 is 5.32 Å². The molecule has 2 aromatic rings. The first-order valence-corrected chi connectivity index (χ1v) is 10.7. The fourth-order valence-electron chi connectivity index (χ4n) is 3.38. The van der Waals surface area contributed by atoms with Gasteiger partial charge in [0.05, 0.1) is 16.8 Å². The van der Waals surface area contributed by atoms with E-state index < -0.39 is 10.0 Å². The van der Waals surface area contributed by atoms with Crippen LogP contribution in [-0.4, -0.2) is 19.4 Å². The van der Waals surface area contributed by atoms with Crippen LogP contribution in [0.15, 0.2) is 41.4 Å². The molecule has 0 aliphatic heterocycles. The number of nitrogens with one attached hydrogen (secondary N) is 2. The maximum atomic E-state index is 12.7. The molecule has 26 heavy (non-hydrogen) atoms. The molecule has 1 aromatic heterocycles. The highest BCUT2D eigenvalue weighted by molar-refractivity contribution is 7.92. The second kappa shape index (κ2) is 8.08. The van der Waals surface area contributed by atoms with Crippen LogP contribution in [0, 0.1) is 13.8 Å². The molecule has 1 aliphatic carbocycles. The number of nitrogens with zero attached hydrogens (tertiary/aromatic N) is 1. The van der Waals surface area contributed by atoms with E-state index in [1.54, 1.807) is 25.3 Å². The van der Waals surface area contributed by atoms with Crippen molar-refractivity contribution in [1.82, 2.24) is 4.98 Å². The van der Waals surface area contributed by atoms with E-state index in [-0.39, 0.29) is 0 Å². The van der Waals surface area contributed by atoms with Crippen molar-refractivity contribution < 1.29 is 8.42 Å². The number of benzene rings is 1. The minimum atomic E-state index is -3.62. The highest BCUT2D eigenvalue weighted by atomic mass is 32.2. The van der Waals surface area contributed by atoms with E-state index in [9.17, 15) is 8.42 Å². The van der Waals surface area contributed by atoms with Crippen molar-refractivity contribution in [3.05, 3.63) is 47.7 Å². The molecule has 0 radical (unpaired) electrons. The fraction of sp³-hybridized carbons (Fsp3) is 0.450. The predicted octanol–water partition coefficient (Wildman–Crippen LogP) is 4.63. The highest BCUT2D eigenvalue weighted by Gasteiger charge is 2.17. The number of aryl methyl sites for hydroxylation is 2. The molecule has 3 rings (SSSR count). The number of anilines is 2. The van der Waals surface area contributed by atoms with Gasteiger partial charge >= 0.3 is 0 Å². The third-order valence-corrected chi connectivity index (χ3v) is 6.38. The number of aromatic nitrogens is 1. The standard InChI is InChI=1S/C20H27N3O2S/c1-15-9-10-16(2)19(13-15)26(24,25)23-18-11-12-20(21-14-18)22-17-7-5-3-4-6-8-17/h9-14,17,23H,3-8H2,1-2H3,(H,21,22). The van der Waals surface area contributed by atoms with Crippen molar-refractivity contribution in [3.8, 4) is 0 Å². The smallest absolute Gasteiger partial charge is 0.262 e. The van der Waals surface area contributed by atoms with Crippen molar-refractivity contribution in [2.24, 2.45) is 0 Å². The first-order chi connectivity index (χ1) is 12.4. The molecule has 0 spiro atoms. The van der Waals surface area contributed by atoms with E-state index >= 15 is 0 Å². The van der Waals surface area contributed by atoms with Gasteiger partial charge in [0.1, 0.15) is 5.82 Å². The van der Waals surface area contributed by atoms with Gasteiger partial charge in [0.25, 0.3) is 10.0 Å². The van der Waals surface area contributed by atoms with Crippen LogP contribution in [0.3, 0.4) is 0 Å². The summed E-state index contributed by atoms with van der Waals surface area (Å²) in [6, 6.07) is 9.47. The fourth-order valence-corrected chi connectivity index (χ4v) is 4.75. The van der Waals surface area contributed by atoms with Crippen LogP contribution in [0.25, 0.3) is 0 Å². The lowest BCUT2D eigenvalue weighted by Crippen LogP contribution is -2.19. The Morgan fingerprint density at radius 2 is 1.73 bits per heavy atom. The van der Waals surface area contributed by atoms with Gasteiger partial charge in [-0.25, -0.2) is 13.4 Å². The molecule has 1 aliphatic rings. The summed E-state index contributed by atoms with van der Waals surface area (Å²) in [5.74, 6) is 0.798. The lowest BCUT2D eigenvalue weighted by molar-refractivity contribution is 0.600. The second-order valence-electron chi connectivity index (χ2n) is 7.14. The number of hydrogen-bond acceptors (Lipinski definition) is 4. The lowest BCUT2D eigenvalue weighted by Gasteiger charge is -2.17. The van der Waals surface area contributed by atoms with Crippen LogP contribution in [0.2, 0.25) is 0 Å². The van der Waals surface area contributed by atoms with Gasteiger partial charge in [0, 0.05) is 6.04 Å². The van der Waals surface area contributed by atoms with E-state index in [2.05, 4.69) is 15.0 Å². The van der Waals surface area contributed by atoms with Gasteiger partial charge in [-0.2, -0.15) is 0 Å². The van der Waals surface area contributed by atoms with E-state index in [0.29, 0.717) is 16.6 Å². The van der Waals surface area contributed by atoms with Crippen LogP contribution >= 0.6 is 0 Å². The number of rotatable bonds is 5. The van der Waals surface area contributed by atoms with Crippen molar-refractivity contribution in [2.45, 2.75) is 63.3 Å². The third-order valence-electron chi connectivity index (χ3n) is 4.86. The molecule has 2 N–H and O–H groups in total. The van der Waals surface area contributed by atoms with Crippen molar-refractivity contribution >= 4 is 21.5 Å². The molecule has 1 fully saturated rings. The molecule has 1 aromatic carbocycles. The topological polar surface area (TPSA) is 71.1 Å². The predicted molar refractivity (Wildman–Crippen MR) is 106 cm³/mol. The van der Waals surface area contributed by atoms with Gasteiger partial charge in [-0.1, -0.05) is 37.8 Å². The summed E-state index contributed by atoms with van der Waals surface area (Å²) >= 11 is 0. The van der Waals surface area contributed by atoms with E-state index in [0.717, 1.165) is 16.9 Å². The summed E-state index contributed by atoms with van der Waals surface area (Å²) in [6.07, 6.45) is 9.04. The molecule has 1 saturated carbocycles. The lowest BCUT2D eigenvalue weighted by atomic mass is 10.1. The molecular weight excluding hydrogens is 346 g/mol. The Morgan fingerprint density at radius 1 is 1.00 bits per heavy atom. The summed E-state index contributed by atoms with van der Waals surface area (Å²) in [5, 5.41) is 3.47. The van der Waals surface area contributed by atoms with Crippen molar-refractivity contribution in [3.63, 3.8) is 0 Å². The summed E-state index contributed by atoms with van der Waals surface area (Å²) in [5.41, 5.74) is 2.11. The van der Waals surface area contributed by atoms with Crippen molar-refractivity contribution in [1.29, 1.82) is 0 Å². The third kappa shape index (κ3) is 4.75. The van der Waals surface area contributed by atoms with Gasteiger partial charge in [-0.05, 0) is 56.0 Å². The van der Waals surface area contributed by atoms with E-state index in [1.807, 2.05) is 25.1 Å². The summed E-state index contributed by atoms with van der Waals surface area (Å²) in [7, 11) is -3.62. The van der Waals surface area contributed by atoms with Crippen LogP contribution in [-0.2, 0) is 10.0 Å². The number of sulfonamides is 1. The maximum absolute atomic E-state index is 12.7. The molecule has 0 atom stereocenters. The molecule has 0 unspecified atom stereocenters. The Bertz CT molecular complexity index is 840. The van der Waals surface area contributed by atoms with Gasteiger partial charge in [-0.15, -0.1) is 0 Å². The Morgan fingerprint density at radius 3 is 2.38 bits per heavy atom. The molecule has 0 amide bonds. The Kier molecular flexibility index (Phi) is 5.81. The normalized spacial score (nSPS) is 16.1. The summed E-state index contributed by atoms with van der Waals surface area (Å²) in [4.78, 5) is 4.69. The van der Waals surface area contributed by atoms with Crippen LogP contribution in [0.1, 0.15) is 49.7 Å². The Hall–Kier alpha value is -2.08. The van der Waals surface area contributed by atoms with Crippen molar-refractivity contribution in [2.75, 3.05) is 10.0 Å². The molecule has 140 valence electrons. The minimum Gasteiger partial charge on any atom is -0.367 e. The molecule has 1 heterocycles. The minimum absolute atomic E-state index is 0.304. The molecule has 5 nitrogen and oxygen atoms in total. The zero-order valence-electron chi connectivity index (χ0n) is 15.5. The van der Waals surface area contributed by atoms with Crippen LogP contribution in [0.4, 0.5) is 11.5 Å². The Labute approximate surface area is 156 Å². The Balaban J connectivity index is 1.69. The zero-order chi connectivity index (χ0) is 18.6. The average Bonchev–Trinajstić information content (AvgIpc) is 2.87. The first kappa shape index (κ1) is 18.7. The zero-order valence-corrected chi connectivity index (χ0v) is 16.3. The van der Waals surface area contributed by atoms with Gasteiger partial charge in [0.15, 0.2) is 0 Å². The average molecular weight is 374 g/mol. The molecular formula is C20H27N3O2S. The number of pyridine rings is 1. The summed E-state index contributed by atoms with van der Waals surface area (Å²) < 4.78 is 27.9. The molecule has 0 saturated heterocycles. The largest absolute Gasteiger partial charge is 0.367 e.